The van der Waals surface area contributed by atoms with Gasteiger partial charge >= 0.3 is 12.1 Å². The van der Waals surface area contributed by atoms with Crippen LogP contribution in [0.15, 0.2) is 0 Å². The largest absolute Gasteiger partial charge is 0.480 e. The van der Waals surface area contributed by atoms with E-state index in [1.165, 1.54) is 0 Å². The van der Waals surface area contributed by atoms with Gasteiger partial charge in [0.15, 0.2) is 0 Å². The Kier molecular flexibility index (Phi) is 5.02. The lowest BCUT2D eigenvalue weighted by Gasteiger charge is -2.45. The number of aliphatic carboxylic acids is 1. The fourth-order valence-electron chi connectivity index (χ4n) is 2.41. The molecule has 1 aliphatic rings. The number of nitrogens with zero attached hydrogens (tertiary/aromatic N) is 2. The highest BCUT2D eigenvalue weighted by Crippen LogP contribution is 2.20. The second-order valence-electron chi connectivity index (χ2n) is 6.54. The molecule has 0 aromatic carbocycles. The van der Waals surface area contributed by atoms with Crippen molar-refractivity contribution in [1.82, 2.24) is 9.80 Å². The smallest absolute Gasteiger partial charge is 0.410 e. The molecular weight excluding hydrogens is 260 g/mol. The Hall–Kier alpha value is -1.30. The average Bonchev–Trinajstić information content (AvgIpc) is 2.28. The molecule has 1 unspecified atom stereocenters. The Morgan fingerprint density at radius 2 is 1.75 bits per heavy atom. The quantitative estimate of drug-likeness (QED) is 0.838. The van der Waals surface area contributed by atoms with E-state index in [2.05, 4.69) is 0 Å². The van der Waals surface area contributed by atoms with Gasteiger partial charge in [-0.2, -0.15) is 0 Å². The summed E-state index contributed by atoms with van der Waals surface area (Å²) in [5, 5.41) is 9.12. The summed E-state index contributed by atoms with van der Waals surface area (Å²) in [5.41, 5.74) is -0.522. The van der Waals surface area contributed by atoms with Gasteiger partial charge in [-0.15, -0.1) is 0 Å². The van der Waals surface area contributed by atoms with Crippen molar-refractivity contribution in [3.05, 3.63) is 0 Å². The summed E-state index contributed by atoms with van der Waals surface area (Å²) in [7, 11) is 0. The van der Waals surface area contributed by atoms with Crippen LogP contribution in [0.4, 0.5) is 4.79 Å². The van der Waals surface area contributed by atoms with E-state index in [4.69, 9.17) is 9.84 Å². The fraction of sp³-hybridized carbons (Fsp3) is 0.857. The first-order chi connectivity index (χ1) is 9.03. The lowest BCUT2D eigenvalue weighted by atomic mass is 10.1. The predicted octanol–water partition coefficient (Wildman–Crippen LogP) is 1.79. The van der Waals surface area contributed by atoms with Crippen LogP contribution in [0.1, 0.15) is 41.5 Å². The monoisotopic (exact) mass is 286 g/mol. The molecule has 3 atom stereocenters. The van der Waals surface area contributed by atoms with Gasteiger partial charge < -0.3 is 14.7 Å². The molecule has 1 aliphatic heterocycles. The summed E-state index contributed by atoms with van der Waals surface area (Å²) in [4.78, 5) is 26.8. The molecule has 0 aromatic heterocycles. The number of carboxylic acid groups (broad SMARTS) is 1. The van der Waals surface area contributed by atoms with Crippen LogP contribution in [-0.4, -0.2) is 63.8 Å². The molecule has 0 radical (unpaired) electrons. The molecule has 1 saturated heterocycles. The summed E-state index contributed by atoms with van der Waals surface area (Å²) in [6.07, 6.45) is -0.334. The number of hydrogen-bond acceptors (Lipinski definition) is 4. The van der Waals surface area contributed by atoms with E-state index in [-0.39, 0.29) is 18.2 Å². The zero-order valence-electron chi connectivity index (χ0n) is 13.2. The Morgan fingerprint density at radius 1 is 1.20 bits per heavy atom. The van der Waals surface area contributed by atoms with Crippen LogP contribution in [0.5, 0.6) is 0 Å². The van der Waals surface area contributed by atoms with Crippen LogP contribution in [-0.2, 0) is 9.53 Å². The Balaban J connectivity index is 2.73. The summed E-state index contributed by atoms with van der Waals surface area (Å²) >= 11 is 0. The third kappa shape index (κ3) is 4.10. The zero-order valence-corrected chi connectivity index (χ0v) is 13.2. The van der Waals surface area contributed by atoms with Gasteiger partial charge in [0.1, 0.15) is 11.6 Å². The summed E-state index contributed by atoms with van der Waals surface area (Å²) < 4.78 is 5.39. The predicted molar refractivity (Wildman–Crippen MR) is 75.7 cm³/mol. The fourth-order valence-corrected chi connectivity index (χ4v) is 2.41. The SMILES string of the molecule is CC(C(=O)O)N1C[C@H](C)N(C(=O)OC(C)(C)C)C[C@H]1C. The van der Waals surface area contributed by atoms with E-state index in [0.29, 0.717) is 13.1 Å². The second kappa shape index (κ2) is 5.99. The summed E-state index contributed by atoms with van der Waals surface area (Å²) in [6, 6.07) is -0.624. The molecule has 0 aromatic rings. The zero-order chi connectivity index (χ0) is 15.7. The maximum absolute atomic E-state index is 12.1. The van der Waals surface area contributed by atoms with Crippen molar-refractivity contribution in [1.29, 1.82) is 0 Å². The van der Waals surface area contributed by atoms with Crippen LogP contribution < -0.4 is 0 Å². The minimum Gasteiger partial charge on any atom is -0.480 e. The van der Waals surface area contributed by atoms with Crippen molar-refractivity contribution >= 4 is 12.1 Å². The molecule has 0 saturated carbocycles. The number of ether oxygens (including phenoxy) is 1. The van der Waals surface area contributed by atoms with Crippen molar-refractivity contribution < 1.29 is 19.4 Å². The molecule has 0 spiro atoms. The van der Waals surface area contributed by atoms with Crippen molar-refractivity contribution in [3.63, 3.8) is 0 Å². The van der Waals surface area contributed by atoms with Gasteiger partial charge in [0.2, 0.25) is 0 Å². The molecule has 1 heterocycles. The van der Waals surface area contributed by atoms with Gasteiger partial charge in [-0.05, 0) is 41.5 Å². The van der Waals surface area contributed by atoms with Gasteiger partial charge in [0, 0.05) is 25.2 Å². The minimum absolute atomic E-state index is 0.00943. The Morgan fingerprint density at radius 3 is 2.20 bits per heavy atom. The third-order valence-electron chi connectivity index (χ3n) is 3.52. The van der Waals surface area contributed by atoms with Crippen LogP contribution in [0, 0.1) is 0 Å². The van der Waals surface area contributed by atoms with Gasteiger partial charge in [-0.3, -0.25) is 9.69 Å². The standard InChI is InChI=1S/C14H26N2O4/c1-9-8-16(13(19)20-14(4,5)6)10(2)7-15(9)11(3)12(17)18/h9-11H,7-8H2,1-6H3,(H,17,18)/t9-,10+,11?/m1/s1. The summed E-state index contributed by atoms with van der Waals surface area (Å²) in [6.45, 7) is 12.0. The number of amides is 1. The van der Waals surface area contributed by atoms with Crippen LogP contribution >= 0.6 is 0 Å². The Bertz CT molecular complexity index is 378. The number of carbonyl (C=O) groups is 2. The number of carbonyl (C=O) groups excluding carboxylic acids is 1. The first kappa shape index (κ1) is 16.8. The highest BCUT2D eigenvalue weighted by molar-refractivity contribution is 5.73. The van der Waals surface area contributed by atoms with Crippen LogP contribution in [0.3, 0.4) is 0 Å². The van der Waals surface area contributed by atoms with Crippen molar-refractivity contribution in [3.8, 4) is 0 Å². The minimum atomic E-state index is -0.838. The van der Waals surface area contributed by atoms with Crippen molar-refractivity contribution in [2.75, 3.05) is 13.1 Å². The highest BCUT2D eigenvalue weighted by atomic mass is 16.6. The number of piperazine rings is 1. The maximum atomic E-state index is 12.1. The molecule has 20 heavy (non-hydrogen) atoms. The molecule has 1 amide bonds. The van der Waals surface area contributed by atoms with Crippen LogP contribution in [0.25, 0.3) is 0 Å². The molecule has 6 nitrogen and oxygen atoms in total. The van der Waals surface area contributed by atoms with Gasteiger partial charge in [-0.1, -0.05) is 0 Å². The van der Waals surface area contributed by atoms with Gasteiger partial charge in [0.05, 0.1) is 0 Å². The molecule has 116 valence electrons. The van der Waals surface area contributed by atoms with Gasteiger partial charge in [0.25, 0.3) is 0 Å². The number of carboxylic acids is 1. The van der Waals surface area contributed by atoms with E-state index in [9.17, 15) is 9.59 Å². The normalized spacial score (nSPS) is 26.2. The first-order valence-electron chi connectivity index (χ1n) is 7.01. The van der Waals surface area contributed by atoms with Gasteiger partial charge in [-0.25, -0.2) is 4.79 Å². The van der Waals surface area contributed by atoms with E-state index >= 15 is 0 Å². The molecule has 1 N–H and O–H groups in total. The molecule has 1 fully saturated rings. The Labute approximate surface area is 120 Å². The van der Waals surface area contributed by atoms with E-state index in [0.717, 1.165) is 0 Å². The topological polar surface area (TPSA) is 70.1 Å². The summed E-state index contributed by atoms with van der Waals surface area (Å²) in [5.74, 6) is -0.838. The molecule has 1 rings (SSSR count). The van der Waals surface area contributed by atoms with Crippen molar-refractivity contribution in [2.24, 2.45) is 0 Å². The molecule has 0 bridgehead atoms. The first-order valence-corrected chi connectivity index (χ1v) is 7.01. The van der Waals surface area contributed by atoms with Crippen molar-refractivity contribution in [2.45, 2.75) is 65.3 Å². The molecule has 0 aliphatic carbocycles. The number of hydrogen-bond donors (Lipinski definition) is 1. The second-order valence-corrected chi connectivity index (χ2v) is 6.54. The molecular formula is C14H26N2O4. The lowest BCUT2D eigenvalue weighted by molar-refractivity contribution is -0.145. The van der Waals surface area contributed by atoms with E-state index in [1.807, 2.05) is 39.5 Å². The van der Waals surface area contributed by atoms with E-state index in [1.54, 1.807) is 11.8 Å². The lowest BCUT2D eigenvalue weighted by Crippen LogP contribution is -2.61. The maximum Gasteiger partial charge on any atom is 0.410 e. The average molecular weight is 286 g/mol. The van der Waals surface area contributed by atoms with Crippen LogP contribution in [0.2, 0.25) is 0 Å². The third-order valence-corrected chi connectivity index (χ3v) is 3.52. The molecule has 6 heteroatoms. The number of rotatable bonds is 2. The van der Waals surface area contributed by atoms with E-state index < -0.39 is 17.6 Å². The highest BCUT2D eigenvalue weighted by Gasteiger charge is 2.37.